The molecule has 0 heterocycles. The van der Waals surface area contributed by atoms with Crippen LogP contribution in [-0.4, -0.2) is 17.9 Å². The Labute approximate surface area is 185 Å². The standard InChI is InChI=1S/C23H20Cl2N2O3/c1-15(30-21-12-7-17(24)14-20(21)25)23(29)27-19-10-8-18(9-11-19)26-22(28)13-16-5-3-2-4-6-16/h2-12,14-15H,13H2,1H3,(H,26,28)(H,27,29)/t15-/m0/s1. The van der Waals surface area contributed by atoms with E-state index in [9.17, 15) is 9.59 Å². The lowest BCUT2D eigenvalue weighted by molar-refractivity contribution is -0.122. The molecule has 2 amide bonds. The van der Waals surface area contributed by atoms with E-state index in [1.54, 1.807) is 49.4 Å². The second kappa shape index (κ2) is 10.1. The Morgan fingerprint density at radius 1 is 0.900 bits per heavy atom. The number of carbonyl (C=O) groups is 2. The summed E-state index contributed by atoms with van der Waals surface area (Å²) in [5.41, 5.74) is 2.17. The van der Waals surface area contributed by atoms with Crippen LogP contribution in [0.4, 0.5) is 11.4 Å². The maximum absolute atomic E-state index is 12.4. The topological polar surface area (TPSA) is 67.4 Å². The first-order valence-electron chi connectivity index (χ1n) is 9.27. The van der Waals surface area contributed by atoms with Crippen LogP contribution in [-0.2, 0) is 16.0 Å². The van der Waals surface area contributed by atoms with Crippen LogP contribution in [0.5, 0.6) is 5.75 Å². The van der Waals surface area contributed by atoms with E-state index in [0.29, 0.717) is 33.6 Å². The van der Waals surface area contributed by atoms with Crippen LogP contribution >= 0.6 is 23.2 Å². The van der Waals surface area contributed by atoms with Gasteiger partial charge in [0.2, 0.25) is 5.91 Å². The fourth-order valence-electron chi connectivity index (χ4n) is 2.68. The highest BCUT2D eigenvalue weighted by Crippen LogP contribution is 2.28. The highest BCUT2D eigenvalue weighted by Gasteiger charge is 2.16. The largest absolute Gasteiger partial charge is 0.479 e. The zero-order chi connectivity index (χ0) is 21.5. The van der Waals surface area contributed by atoms with Gasteiger partial charge in [0, 0.05) is 16.4 Å². The zero-order valence-electron chi connectivity index (χ0n) is 16.2. The molecule has 3 aromatic carbocycles. The Balaban J connectivity index is 1.53. The van der Waals surface area contributed by atoms with Gasteiger partial charge in [0.15, 0.2) is 6.10 Å². The van der Waals surface area contributed by atoms with Crippen molar-refractivity contribution >= 4 is 46.4 Å². The molecule has 0 spiro atoms. The van der Waals surface area contributed by atoms with Crippen molar-refractivity contribution in [3.8, 4) is 5.75 Å². The molecule has 0 radical (unpaired) electrons. The highest BCUT2D eigenvalue weighted by atomic mass is 35.5. The third-order valence-corrected chi connectivity index (χ3v) is 4.74. The molecule has 0 aliphatic rings. The number of hydrogen-bond acceptors (Lipinski definition) is 3. The zero-order valence-corrected chi connectivity index (χ0v) is 17.7. The van der Waals surface area contributed by atoms with Crippen LogP contribution in [0, 0.1) is 0 Å². The van der Waals surface area contributed by atoms with Crippen molar-refractivity contribution in [3.05, 3.63) is 88.4 Å². The van der Waals surface area contributed by atoms with Gasteiger partial charge in [-0.15, -0.1) is 0 Å². The molecule has 0 unspecified atom stereocenters. The minimum Gasteiger partial charge on any atom is -0.479 e. The van der Waals surface area contributed by atoms with Crippen LogP contribution in [0.3, 0.4) is 0 Å². The van der Waals surface area contributed by atoms with Crippen LogP contribution in [0.1, 0.15) is 12.5 Å². The monoisotopic (exact) mass is 442 g/mol. The first-order chi connectivity index (χ1) is 14.4. The third-order valence-electron chi connectivity index (χ3n) is 4.21. The Bertz CT molecular complexity index is 1020. The predicted octanol–water partition coefficient (Wildman–Crippen LogP) is 5.58. The molecule has 3 rings (SSSR count). The molecule has 30 heavy (non-hydrogen) atoms. The van der Waals surface area contributed by atoms with Crippen molar-refractivity contribution in [2.24, 2.45) is 0 Å². The van der Waals surface area contributed by atoms with E-state index in [4.69, 9.17) is 27.9 Å². The second-order valence-corrected chi connectivity index (χ2v) is 7.46. The molecular weight excluding hydrogens is 423 g/mol. The smallest absolute Gasteiger partial charge is 0.265 e. The van der Waals surface area contributed by atoms with Crippen LogP contribution < -0.4 is 15.4 Å². The molecule has 154 valence electrons. The van der Waals surface area contributed by atoms with E-state index in [0.717, 1.165) is 5.56 Å². The molecule has 0 aliphatic carbocycles. The molecule has 0 aliphatic heterocycles. The Morgan fingerprint density at radius 3 is 2.17 bits per heavy atom. The molecule has 3 aromatic rings. The number of ether oxygens (including phenoxy) is 1. The summed E-state index contributed by atoms with van der Waals surface area (Å²) in [6, 6.07) is 21.2. The van der Waals surface area contributed by atoms with Gasteiger partial charge in [0.05, 0.1) is 11.4 Å². The first kappa shape index (κ1) is 21.7. The Kier molecular flexibility index (Phi) is 7.33. The SMILES string of the molecule is C[C@H](Oc1ccc(Cl)cc1Cl)C(=O)Nc1ccc(NC(=O)Cc2ccccc2)cc1. The lowest BCUT2D eigenvalue weighted by atomic mass is 10.1. The second-order valence-electron chi connectivity index (χ2n) is 6.61. The van der Waals surface area contributed by atoms with E-state index in [-0.39, 0.29) is 11.8 Å². The van der Waals surface area contributed by atoms with Gasteiger partial charge < -0.3 is 15.4 Å². The molecule has 0 fully saturated rings. The summed E-state index contributed by atoms with van der Waals surface area (Å²) in [6.07, 6.45) is -0.476. The molecule has 7 heteroatoms. The van der Waals surface area contributed by atoms with Gasteiger partial charge in [-0.25, -0.2) is 0 Å². The van der Waals surface area contributed by atoms with Gasteiger partial charge in [0.25, 0.3) is 5.91 Å². The fourth-order valence-corrected chi connectivity index (χ4v) is 3.14. The number of amides is 2. The summed E-state index contributed by atoms with van der Waals surface area (Å²) in [7, 11) is 0. The number of anilines is 2. The van der Waals surface area contributed by atoms with Gasteiger partial charge in [-0.2, -0.15) is 0 Å². The van der Waals surface area contributed by atoms with Crippen LogP contribution in [0.25, 0.3) is 0 Å². The van der Waals surface area contributed by atoms with Crippen LogP contribution in [0.15, 0.2) is 72.8 Å². The molecule has 0 bridgehead atoms. The number of carbonyl (C=O) groups excluding carboxylic acids is 2. The first-order valence-corrected chi connectivity index (χ1v) is 10.0. The summed E-state index contributed by atoms with van der Waals surface area (Å²) in [5, 5.41) is 6.42. The number of nitrogens with one attached hydrogen (secondary N) is 2. The maximum atomic E-state index is 12.4. The van der Waals surface area contributed by atoms with Gasteiger partial charge in [-0.05, 0) is 55.0 Å². The number of hydrogen-bond donors (Lipinski definition) is 2. The lowest BCUT2D eigenvalue weighted by Crippen LogP contribution is -2.30. The number of halogens is 2. The highest BCUT2D eigenvalue weighted by molar-refractivity contribution is 6.35. The van der Waals surface area contributed by atoms with Crippen molar-refractivity contribution in [1.29, 1.82) is 0 Å². The molecule has 0 aromatic heterocycles. The van der Waals surface area contributed by atoms with Crippen molar-refractivity contribution < 1.29 is 14.3 Å². The fraction of sp³-hybridized carbons (Fsp3) is 0.130. The summed E-state index contributed by atoms with van der Waals surface area (Å²) >= 11 is 11.9. The average Bonchev–Trinajstić information content (AvgIpc) is 2.72. The average molecular weight is 443 g/mol. The van der Waals surface area contributed by atoms with E-state index >= 15 is 0 Å². The molecule has 0 saturated carbocycles. The summed E-state index contributed by atoms with van der Waals surface area (Å²) in [5.74, 6) is -0.0677. The quantitative estimate of drug-likeness (QED) is 0.501. The van der Waals surface area contributed by atoms with Crippen molar-refractivity contribution in [2.45, 2.75) is 19.4 Å². The summed E-state index contributed by atoms with van der Waals surface area (Å²) in [6.45, 7) is 1.62. The summed E-state index contributed by atoms with van der Waals surface area (Å²) < 4.78 is 5.61. The number of benzene rings is 3. The van der Waals surface area contributed by atoms with Gasteiger partial charge in [0.1, 0.15) is 5.75 Å². The van der Waals surface area contributed by atoms with Gasteiger partial charge in [-0.1, -0.05) is 53.5 Å². The molecule has 1 atom stereocenters. The predicted molar refractivity (Wildman–Crippen MR) is 120 cm³/mol. The van der Waals surface area contributed by atoms with E-state index < -0.39 is 6.10 Å². The minimum atomic E-state index is -0.770. The Hall–Kier alpha value is -3.02. The molecule has 5 nitrogen and oxygen atoms in total. The van der Waals surface area contributed by atoms with E-state index in [1.807, 2.05) is 30.3 Å². The van der Waals surface area contributed by atoms with Gasteiger partial charge >= 0.3 is 0 Å². The Morgan fingerprint density at radius 2 is 1.53 bits per heavy atom. The maximum Gasteiger partial charge on any atom is 0.265 e. The van der Waals surface area contributed by atoms with Crippen molar-refractivity contribution in [1.82, 2.24) is 0 Å². The van der Waals surface area contributed by atoms with Crippen molar-refractivity contribution in [2.75, 3.05) is 10.6 Å². The van der Waals surface area contributed by atoms with Crippen LogP contribution in [0.2, 0.25) is 10.0 Å². The van der Waals surface area contributed by atoms with Crippen molar-refractivity contribution in [3.63, 3.8) is 0 Å². The minimum absolute atomic E-state index is 0.111. The summed E-state index contributed by atoms with van der Waals surface area (Å²) in [4.78, 5) is 24.5. The normalized spacial score (nSPS) is 11.4. The number of rotatable bonds is 7. The molecule has 0 saturated heterocycles. The molecular formula is C23H20Cl2N2O3. The van der Waals surface area contributed by atoms with E-state index in [1.165, 1.54) is 0 Å². The molecule has 2 N–H and O–H groups in total. The van der Waals surface area contributed by atoms with Gasteiger partial charge in [-0.3, -0.25) is 9.59 Å². The third kappa shape index (κ3) is 6.24. The lowest BCUT2D eigenvalue weighted by Gasteiger charge is -2.16. The van der Waals surface area contributed by atoms with E-state index in [2.05, 4.69) is 10.6 Å².